The molecule has 1 aliphatic carbocycles. The van der Waals surface area contributed by atoms with Gasteiger partial charge in [-0.3, -0.25) is 9.36 Å². The molecule has 2 aromatic rings. The standard InChI is InChI=1S/C18H23N3OS2/c1-2-12-8-10-14(11-9-12)21-16(19)15(24-18(21)23)17(22)20-13-6-4-3-5-7-13/h8-11,13H,2-7,19H2,1H3,(H,20,22). The number of carbonyl (C=O) groups is 1. The summed E-state index contributed by atoms with van der Waals surface area (Å²) in [6.45, 7) is 2.12. The van der Waals surface area contributed by atoms with E-state index >= 15 is 0 Å². The Kier molecular flexibility index (Phi) is 5.36. The van der Waals surface area contributed by atoms with Gasteiger partial charge in [-0.05, 0) is 49.2 Å². The Bertz CT molecular complexity index is 771. The average Bonchev–Trinajstić information content (AvgIpc) is 2.90. The van der Waals surface area contributed by atoms with E-state index in [1.807, 2.05) is 12.1 Å². The van der Waals surface area contributed by atoms with E-state index in [9.17, 15) is 4.79 Å². The zero-order chi connectivity index (χ0) is 17.1. The number of hydrogen-bond acceptors (Lipinski definition) is 4. The number of nitrogens with two attached hydrogens (primary N) is 1. The van der Waals surface area contributed by atoms with Crippen molar-refractivity contribution in [3.63, 3.8) is 0 Å². The molecule has 3 rings (SSSR count). The Balaban J connectivity index is 1.85. The Morgan fingerprint density at radius 3 is 2.58 bits per heavy atom. The first-order valence-corrected chi connectivity index (χ1v) is 9.74. The summed E-state index contributed by atoms with van der Waals surface area (Å²) >= 11 is 6.73. The van der Waals surface area contributed by atoms with Gasteiger partial charge in [0.1, 0.15) is 10.7 Å². The lowest BCUT2D eigenvalue weighted by atomic mass is 9.95. The van der Waals surface area contributed by atoms with Crippen LogP contribution >= 0.6 is 23.6 Å². The minimum atomic E-state index is -0.0978. The fourth-order valence-electron chi connectivity index (χ4n) is 3.17. The van der Waals surface area contributed by atoms with Crippen molar-refractivity contribution in [2.24, 2.45) is 0 Å². The van der Waals surface area contributed by atoms with Gasteiger partial charge in [0.2, 0.25) is 0 Å². The Labute approximate surface area is 151 Å². The van der Waals surface area contributed by atoms with E-state index in [0.29, 0.717) is 14.6 Å². The molecule has 1 amide bonds. The third-order valence-electron chi connectivity index (χ3n) is 4.59. The summed E-state index contributed by atoms with van der Waals surface area (Å²) in [5.41, 5.74) is 8.42. The van der Waals surface area contributed by atoms with E-state index in [0.717, 1.165) is 24.9 Å². The highest BCUT2D eigenvalue weighted by atomic mass is 32.1. The number of carbonyl (C=O) groups excluding carboxylic acids is 1. The second kappa shape index (κ2) is 7.49. The predicted octanol–water partition coefficient (Wildman–Crippen LogP) is 4.48. The van der Waals surface area contributed by atoms with Gasteiger partial charge in [0.15, 0.2) is 3.95 Å². The van der Waals surface area contributed by atoms with Crippen molar-refractivity contribution < 1.29 is 4.79 Å². The quantitative estimate of drug-likeness (QED) is 0.790. The van der Waals surface area contributed by atoms with Crippen LogP contribution in [0, 0.1) is 3.95 Å². The van der Waals surface area contributed by atoms with Gasteiger partial charge >= 0.3 is 0 Å². The van der Waals surface area contributed by atoms with Crippen LogP contribution in [0.2, 0.25) is 0 Å². The molecule has 1 aliphatic rings. The third kappa shape index (κ3) is 3.54. The fourth-order valence-corrected chi connectivity index (χ4v) is 4.44. The summed E-state index contributed by atoms with van der Waals surface area (Å²) in [4.78, 5) is 13.1. The van der Waals surface area contributed by atoms with E-state index in [1.165, 1.54) is 36.2 Å². The summed E-state index contributed by atoms with van der Waals surface area (Å²) in [5, 5.41) is 3.12. The molecule has 0 unspecified atom stereocenters. The number of aromatic nitrogens is 1. The molecule has 0 aliphatic heterocycles. The Morgan fingerprint density at radius 1 is 1.29 bits per heavy atom. The number of amides is 1. The summed E-state index contributed by atoms with van der Waals surface area (Å²) in [5.74, 6) is 0.335. The van der Waals surface area contributed by atoms with E-state index in [1.54, 1.807) is 4.57 Å². The molecule has 1 aromatic carbocycles. The number of hydrogen-bond donors (Lipinski definition) is 2. The Morgan fingerprint density at radius 2 is 1.96 bits per heavy atom. The molecule has 0 saturated heterocycles. The van der Waals surface area contributed by atoms with Crippen LogP contribution in [0.5, 0.6) is 0 Å². The molecule has 3 N–H and O–H groups in total. The third-order valence-corrected chi connectivity index (χ3v) is 5.98. The molecular weight excluding hydrogens is 338 g/mol. The monoisotopic (exact) mass is 361 g/mol. The number of aryl methyl sites for hydroxylation is 1. The highest BCUT2D eigenvalue weighted by Gasteiger charge is 2.22. The van der Waals surface area contributed by atoms with Gasteiger partial charge in [0, 0.05) is 11.7 Å². The van der Waals surface area contributed by atoms with Crippen LogP contribution in [0.1, 0.15) is 54.3 Å². The minimum absolute atomic E-state index is 0.0978. The maximum atomic E-state index is 12.6. The van der Waals surface area contributed by atoms with Crippen molar-refractivity contribution in [1.82, 2.24) is 9.88 Å². The molecule has 0 radical (unpaired) electrons. The molecule has 0 atom stereocenters. The molecule has 24 heavy (non-hydrogen) atoms. The van der Waals surface area contributed by atoms with Gasteiger partial charge in [-0.2, -0.15) is 0 Å². The minimum Gasteiger partial charge on any atom is -0.383 e. The molecule has 6 heteroatoms. The topological polar surface area (TPSA) is 60.0 Å². The van der Waals surface area contributed by atoms with Crippen LogP contribution in [0.3, 0.4) is 0 Å². The van der Waals surface area contributed by atoms with E-state index in [2.05, 4.69) is 24.4 Å². The molecule has 1 heterocycles. The van der Waals surface area contributed by atoms with Crippen LogP contribution in [-0.4, -0.2) is 16.5 Å². The van der Waals surface area contributed by atoms with Crippen LogP contribution in [0.25, 0.3) is 5.69 Å². The predicted molar refractivity (Wildman–Crippen MR) is 103 cm³/mol. The van der Waals surface area contributed by atoms with Crippen molar-refractivity contribution in [2.45, 2.75) is 51.5 Å². The number of nitrogens with zero attached hydrogens (tertiary/aromatic N) is 1. The number of anilines is 1. The largest absolute Gasteiger partial charge is 0.383 e. The van der Waals surface area contributed by atoms with Crippen LogP contribution in [0.4, 0.5) is 5.82 Å². The van der Waals surface area contributed by atoms with Crippen LogP contribution < -0.4 is 11.1 Å². The van der Waals surface area contributed by atoms with Gasteiger partial charge in [-0.1, -0.05) is 49.7 Å². The first-order valence-electron chi connectivity index (χ1n) is 8.51. The highest BCUT2D eigenvalue weighted by molar-refractivity contribution is 7.73. The molecule has 1 fully saturated rings. The first-order chi connectivity index (χ1) is 11.6. The first kappa shape index (κ1) is 17.2. The van der Waals surface area contributed by atoms with E-state index < -0.39 is 0 Å². The molecule has 1 aromatic heterocycles. The summed E-state index contributed by atoms with van der Waals surface area (Å²) in [6, 6.07) is 8.39. The van der Waals surface area contributed by atoms with Crippen molar-refractivity contribution in [2.75, 3.05) is 5.73 Å². The van der Waals surface area contributed by atoms with Gasteiger partial charge < -0.3 is 11.1 Å². The molecule has 4 nitrogen and oxygen atoms in total. The molecule has 128 valence electrons. The van der Waals surface area contributed by atoms with E-state index in [4.69, 9.17) is 18.0 Å². The number of nitrogens with one attached hydrogen (secondary N) is 1. The Hall–Kier alpha value is -1.66. The van der Waals surface area contributed by atoms with Gasteiger partial charge in [-0.15, -0.1) is 0 Å². The van der Waals surface area contributed by atoms with E-state index in [-0.39, 0.29) is 11.9 Å². The lowest BCUT2D eigenvalue weighted by Gasteiger charge is -2.22. The average molecular weight is 362 g/mol. The second-order valence-corrected chi connectivity index (χ2v) is 7.89. The van der Waals surface area contributed by atoms with Crippen molar-refractivity contribution in [1.29, 1.82) is 0 Å². The second-order valence-electron chi connectivity index (χ2n) is 6.25. The number of rotatable bonds is 4. The highest BCUT2D eigenvalue weighted by Crippen LogP contribution is 2.27. The molecule has 1 saturated carbocycles. The van der Waals surface area contributed by atoms with Crippen LogP contribution in [0.15, 0.2) is 24.3 Å². The maximum Gasteiger partial charge on any atom is 0.265 e. The zero-order valence-electron chi connectivity index (χ0n) is 13.9. The van der Waals surface area contributed by atoms with Gasteiger partial charge in [0.05, 0.1) is 0 Å². The van der Waals surface area contributed by atoms with Crippen molar-refractivity contribution in [3.05, 3.63) is 38.7 Å². The number of benzene rings is 1. The smallest absolute Gasteiger partial charge is 0.265 e. The SMILES string of the molecule is CCc1ccc(-n2c(N)c(C(=O)NC3CCCCC3)sc2=S)cc1. The normalized spacial score (nSPS) is 15.4. The zero-order valence-corrected chi connectivity index (χ0v) is 15.5. The van der Waals surface area contributed by atoms with Crippen molar-refractivity contribution >= 4 is 35.3 Å². The fraction of sp³-hybridized carbons (Fsp3) is 0.444. The lowest BCUT2D eigenvalue weighted by Crippen LogP contribution is -2.36. The lowest BCUT2D eigenvalue weighted by molar-refractivity contribution is 0.0932. The molecular formula is C18H23N3OS2. The molecule has 0 spiro atoms. The summed E-state index contributed by atoms with van der Waals surface area (Å²) in [7, 11) is 0. The summed E-state index contributed by atoms with van der Waals surface area (Å²) < 4.78 is 2.39. The molecule has 0 bridgehead atoms. The number of thiazole rings is 1. The van der Waals surface area contributed by atoms with Gasteiger partial charge in [-0.25, -0.2) is 0 Å². The van der Waals surface area contributed by atoms with Gasteiger partial charge in [0.25, 0.3) is 5.91 Å². The van der Waals surface area contributed by atoms with Crippen molar-refractivity contribution in [3.8, 4) is 5.69 Å². The maximum absolute atomic E-state index is 12.6. The van der Waals surface area contributed by atoms with Crippen LogP contribution in [-0.2, 0) is 6.42 Å². The number of nitrogen functional groups attached to an aromatic ring is 1. The summed E-state index contributed by atoms with van der Waals surface area (Å²) in [6.07, 6.45) is 6.71.